The fourth-order valence-electron chi connectivity index (χ4n) is 1.77. The molecule has 0 spiro atoms. The Labute approximate surface area is 110 Å². The summed E-state index contributed by atoms with van der Waals surface area (Å²) in [4.78, 5) is 36.3. The molecule has 2 heterocycles. The molecule has 6 heteroatoms. The van der Waals surface area contributed by atoms with Crippen LogP contribution < -0.4 is 5.32 Å². The maximum atomic E-state index is 12.1. The normalized spacial score (nSPS) is 18.7. The quantitative estimate of drug-likeness (QED) is 0.623. The molecule has 0 radical (unpaired) electrons. The molecule has 1 saturated heterocycles. The first kappa shape index (κ1) is 13.1. The van der Waals surface area contributed by atoms with Crippen molar-refractivity contribution >= 4 is 23.8 Å². The smallest absolute Gasteiger partial charge is 0.252 e. The number of hydrogen-bond acceptors (Lipinski definition) is 4. The minimum absolute atomic E-state index is 0.139. The van der Waals surface area contributed by atoms with E-state index in [0.29, 0.717) is 5.76 Å². The van der Waals surface area contributed by atoms with Gasteiger partial charge in [0.2, 0.25) is 11.8 Å². The van der Waals surface area contributed by atoms with Crippen molar-refractivity contribution in [2.75, 3.05) is 6.54 Å². The van der Waals surface area contributed by atoms with Gasteiger partial charge in [0.1, 0.15) is 17.8 Å². The number of imide groups is 1. The van der Waals surface area contributed by atoms with Crippen LogP contribution in [0.15, 0.2) is 28.9 Å². The predicted molar refractivity (Wildman–Crippen MR) is 66.7 cm³/mol. The lowest BCUT2D eigenvalue weighted by Crippen LogP contribution is -2.65. The number of furan rings is 1. The number of rotatable bonds is 2. The van der Waals surface area contributed by atoms with Gasteiger partial charge in [0, 0.05) is 6.08 Å². The van der Waals surface area contributed by atoms with Crippen LogP contribution in [-0.4, -0.2) is 34.7 Å². The van der Waals surface area contributed by atoms with Crippen molar-refractivity contribution < 1.29 is 18.8 Å². The zero-order valence-corrected chi connectivity index (χ0v) is 10.7. The van der Waals surface area contributed by atoms with E-state index in [-0.39, 0.29) is 6.54 Å². The average Bonchev–Trinajstić information content (AvgIpc) is 2.84. The molecule has 100 valence electrons. The first-order valence-corrected chi connectivity index (χ1v) is 5.79. The lowest BCUT2D eigenvalue weighted by atomic mass is 9.98. The lowest BCUT2D eigenvalue weighted by Gasteiger charge is -2.39. The number of carbonyl (C=O) groups excluding carboxylic acids is 3. The van der Waals surface area contributed by atoms with Crippen LogP contribution in [0, 0.1) is 0 Å². The molecule has 0 unspecified atom stereocenters. The van der Waals surface area contributed by atoms with Crippen molar-refractivity contribution in [1.82, 2.24) is 10.2 Å². The zero-order valence-electron chi connectivity index (χ0n) is 10.7. The first-order chi connectivity index (χ1) is 8.91. The molecule has 6 nitrogen and oxygen atoms in total. The third-order valence-electron chi connectivity index (χ3n) is 2.98. The zero-order chi connectivity index (χ0) is 14.0. The SMILES string of the molecule is CC1(C)C(=O)NC(=O)CN1C(=O)C=Cc1ccco1. The Bertz CT molecular complexity index is 543. The van der Waals surface area contributed by atoms with Crippen LogP contribution in [0.5, 0.6) is 0 Å². The standard InChI is InChI=1S/C13H14N2O4/c1-13(2)12(18)14-10(16)8-15(13)11(17)6-5-9-4-3-7-19-9/h3-7H,8H2,1-2H3,(H,14,16,18). The fourth-order valence-corrected chi connectivity index (χ4v) is 1.77. The number of piperazine rings is 1. The second-order valence-electron chi connectivity index (χ2n) is 4.71. The summed E-state index contributed by atoms with van der Waals surface area (Å²) in [7, 11) is 0. The van der Waals surface area contributed by atoms with Crippen LogP contribution >= 0.6 is 0 Å². The highest BCUT2D eigenvalue weighted by Crippen LogP contribution is 2.18. The van der Waals surface area contributed by atoms with E-state index < -0.39 is 23.3 Å². The van der Waals surface area contributed by atoms with Crippen molar-refractivity contribution in [3.63, 3.8) is 0 Å². The molecular weight excluding hydrogens is 248 g/mol. The highest BCUT2D eigenvalue weighted by Gasteiger charge is 2.42. The van der Waals surface area contributed by atoms with Crippen molar-refractivity contribution in [3.05, 3.63) is 30.2 Å². The minimum Gasteiger partial charge on any atom is -0.465 e. The van der Waals surface area contributed by atoms with E-state index >= 15 is 0 Å². The van der Waals surface area contributed by atoms with Gasteiger partial charge in [0.05, 0.1) is 6.26 Å². The lowest BCUT2D eigenvalue weighted by molar-refractivity contribution is -0.153. The Morgan fingerprint density at radius 1 is 1.47 bits per heavy atom. The summed E-state index contributed by atoms with van der Waals surface area (Å²) >= 11 is 0. The predicted octanol–water partition coefficient (Wildman–Crippen LogP) is 0.556. The monoisotopic (exact) mass is 262 g/mol. The van der Waals surface area contributed by atoms with Gasteiger partial charge in [-0.25, -0.2) is 0 Å². The van der Waals surface area contributed by atoms with Crippen LogP contribution in [0.1, 0.15) is 19.6 Å². The largest absolute Gasteiger partial charge is 0.465 e. The Kier molecular flexibility index (Phi) is 3.25. The molecule has 0 saturated carbocycles. The second-order valence-corrected chi connectivity index (χ2v) is 4.71. The highest BCUT2D eigenvalue weighted by molar-refractivity contribution is 6.08. The highest BCUT2D eigenvalue weighted by atomic mass is 16.3. The molecular formula is C13H14N2O4. The second kappa shape index (κ2) is 4.72. The van der Waals surface area contributed by atoms with E-state index in [9.17, 15) is 14.4 Å². The number of hydrogen-bond donors (Lipinski definition) is 1. The van der Waals surface area contributed by atoms with Gasteiger partial charge >= 0.3 is 0 Å². The number of amides is 3. The first-order valence-electron chi connectivity index (χ1n) is 5.79. The van der Waals surface area contributed by atoms with Gasteiger partial charge in [0.25, 0.3) is 5.91 Å². The van der Waals surface area contributed by atoms with E-state index in [4.69, 9.17) is 4.42 Å². The Morgan fingerprint density at radius 3 is 2.84 bits per heavy atom. The van der Waals surface area contributed by atoms with Crippen molar-refractivity contribution in [1.29, 1.82) is 0 Å². The molecule has 0 aromatic carbocycles. The molecule has 1 fully saturated rings. The molecule has 1 aliphatic rings. The fraction of sp³-hybridized carbons (Fsp3) is 0.308. The Hall–Kier alpha value is -2.37. The molecule has 19 heavy (non-hydrogen) atoms. The van der Waals surface area contributed by atoms with Gasteiger partial charge in [-0.2, -0.15) is 0 Å². The van der Waals surface area contributed by atoms with Crippen LogP contribution in [0.3, 0.4) is 0 Å². The van der Waals surface area contributed by atoms with E-state index in [1.165, 1.54) is 23.3 Å². The molecule has 0 bridgehead atoms. The minimum atomic E-state index is -1.06. The van der Waals surface area contributed by atoms with Crippen molar-refractivity contribution in [3.8, 4) is 0 Å². The number of nitrogens with zero attached hydrogens (tertiary/aromatic N) is 1. The average molecular weight is 262 g/mol. The number of carbonyl (C=O) groups is 3. The molecule has 0 atom stereocenters. The van der Waals surface area contributed by atoms with Crippen LogP contribution in [0.25, 0.3) is 6.08 Å². The van der Waals surface area contributed by atoms with Gasteiger partial charge in [-0.05, 0) is 32.1 Å². The third-order valence-corrected chi connectivity index (χ3v) is 2.98. The summed E-state index contributed by atoms with van der Waals surface area (Å²) in [6.07, 6.45) is 4.27. The summed E-state index contributed by atoms with van der Waals surface area (Å²) in [5.41, 5.74) is -1.06. The van der Waals surface area contributed by atoms with Gasteiger partial charge in [-0.3, -0.25) is 19.7 Å². The molecule has 2 rings (SSSR count). The van der Waals surface area contributed by atoms with E-state index in [1.807, 2.05) is 0 Å². The molecule has 0 aliphatic carbocycles. The van der Waals surface area contributed by atoms with Crippen LogP contribution in [0.4, 0.5) is 0 Å². The molecule has 1 aromatic rings. The third kappa shape index (κ3) is 2.57. The van der Waals surface area contributed by atoms with Gasteiger partial charge in [-0.15, -0.1) is 0 Å². The van der Waals surface area contributed by atoms with Gasteiger partial charge in [-0.1, -0.05) is 0 Å². The summed E-state index contributed by atoms with van der Waals surface area (Å²) in [5.74, 6) is -0.851. The van der Waals surface area contributed by atoms with Crippen LogP contribution in [-0.2, 0) is 14.4 Å². The summed E-state index contributed by atoms with van der Waals surface area (Å²) in [6, 6.07) is 3.40. The molecule has 1 aromatic heterocycles. The van der Waals surface area contributed by atoms with Crippen LogP contribution in [0.2, 0.25) is 0 Å². The summed E-state index contributed by atoms with van der Waals surface area (Å²) < 4.78 is 5.06. The number of nitrogens with one attached hydrogen (secondary N) is 1. The maximum Gasteiger partial charge on any atom is 0.252 e. The van der Waals surface area contributed by atoms with E-state index in [0.717, 1.165) is 0 Å². The van der Waals surface area contributed by atoms with Crippen molar-refractivity contribution in [2.45, 2.75) is 19.4 Å². The topological polar surface area (TPSA) is 79.6 Å². The summed E-state index contributed by atoms with van der Waals surface area (Å²) in [5, 5.41) is 2.21. The molecule has 1 aliphatic heterocycles. The van der Waals surface area contributed by atoms with E-state index in [1.54, 1.807) is 26.0 Å². The van der Waals surface area contributed by atoms with Gasteiger partial charge in [0.15, 0.2) is 0 Å². The van der Waals surface area contributed by atoms with Crippen molar-refractivity contribution in [2.24, 2.45) is 0 Å². The Balaban J connectivity index is 2.17. The Morgan fingerprint density at radius 2 is 2.21 bits per heavy atom. The molecule has 1 N–H and O–H groups in total. The molecule has 3 amide bonds. The summed E-state index contributed by atoms with van der Waals surface area (Å²) in [6.45, 7) is 3.04. The van der Waals surface area contributed by atoms with E-state index in [2.05, 4.69) is 5.32 Å². The maximum absolute atomic E-state index is 12.1. The van der Waals surface area contributed by atoms with Gasteiger partial charge < -0.3 is 9.32 Å².